The summed E-state index contributed by atoms with van der Waals surface area (Å²) in [6.07, 6.45) is 3.51. The zero-order valence-corrected chi connectivity index (χ0v) is 11.1. The molecule has 0 saturated carbocycles. The Morgan fingerprint density at radius 1 is 1.44 bits per heavy atom. The lowest BCUT2D eigenvalue weighted by molar-refractivity contribution is 0.0166. The molecule has 0 spiro atoms. The summed E-state index contributed by atoms with van der Waals surface area (Å²) in [6, 6.07) is -0.185. The minimum Gasteiger partial charge on any atom is -0.443 e. The topological polar surface area (TPSA) is 62.4 Å². The molecule has 18 heavy (non-hydrogen) atoms. The number of imide groups is 1. The summed E-state index contributed by atoms with van der Waals surface area (Å²) in [6.45, 7) is 7.20. The number of H-pyrrole nitrogens is 1. The van der Waals surface area contributed by atoms with E-state index in [4.69, 9.17) is 4.74 Å². The van der Waals surface area contributed by atoms with Gasteiger partial charge in [0, 0.05) is 18.4 Å². The van der Waals surface area contributed by atoms with Crippen molar-refractivity contribution < 1.29 is 14.3 Å². The minimum atomic E-state index is -0.602. The van der Waals surface area contributed by atoms with Crippen LogP contribution in [0.1, 0.15) is 43.6 Å². The smallest absolute Gasteiger partial charge is 0.417 e. The molecule has 1 aliphatic rings. The summed E-state index contributed by atoms with van der Waals surface area (Å²) in [7, 11) is 0. The van der Waals surface area contributed by atoms with Gasteiger partial charge in [-0.05, 0) is 39.7 Å². The lowest BCUT2D eigenvalue weighted by Gasteiger charge is -2.33. The van der Waals surface area contributed by atoms with E-state index in [-0.39, 0.29) is 11.9 Å². The lowest BCUT2D eigenvalue weighted by atomic mass is 9.99. The van der Waals surface area contributed by atoms with Crippen molar-refractivity contribution in [3.8, 4) is 0 Å². The Kier molecular flexibility index (Phi) is 2.92. The van der Waals surface area contributed by atoms with Crippen LogP contribution in [0.3, 0.4) is 0 Å². The van der Waals surface area contributed by atoms with Crippen molar-refractivity contribution in [3.05, 3.63) is 23.5 Å². The van der Waals surface area contributed by atoms with Crippen LogP contribution in [-0.2, 0) is 11.2 Å². The molecule has 0 fully saturated rings. The van der Waals surface area contributed by atoms with Crippen molar-refractivity contribution in [2.75, 3.05) is 0 Å². The Labute approximate surface area is 106 Å². The molecule has 1 atom stereocenters. The van der Waals surface area contributed by atoms with Gasteiger partial charge in [0.05, 0.1) is 5.56 Å². The van der Waals surface area contributed by atoms with Crippen LogP contribution in [-0.4, -0.2) is 33.5 Å². The second-order valence-corrected chi connectivity index (χ2v) is 5.60. The number of aromatic nitrogens is 1. The number of fused-ring (bicyclic) bond motifs is 1. The normalized spacial score (nSPS) is 19.7. The quantitative estimate of drug-likeness (QED) is 0.768. The van der Waals surface area contributed by atoms with Gasteiger partial charge in [0.1, 0.15) is 5.60 Å². The van der Waals surface area contributed by atoms with Crippen LogP contribution in [0.5, 0.6) is 0 Å². The van der Waals surface area contributed by atoms with Gasteiger partial charge in [0.2, 0.25) is 0 Å². The molecule has 1 aliphatic heterocycles. The molecule has 5 heteroatoms. The average Bonchev–Trinajstić information content (AvgIpc) is 2.62. The second-order valence-electron chi connectivity index (χ2n) is 5.60. The molecule has 0 saturated heterocycles. The van der Waals surface area contributed by atoms with Gasteiger partial charge in [-0.3, -0.25) is 4.79 Å². The highest BCUT2D eigenvalue weighted by atomic mass is 16.6. The molecule has 0 bridgehead atoms. The van der Waals surface area contributed by atoms with Crippen molar-refractivity contribution in [2.45, 2.75) is 45.8 Å². The summed E-state index contributed by atoms with van der Waals surface area (Å²) in [5.41, 5.74) is 0.904. The Morgan fingerprint density at radius 3 is 2.72 bits per heavy atom. The molecule has 1 unspecified atom stereocenters. The van der Waals surface area contributed by atoms with E-state index in [9.17, 15) is 9.59 Å². The van der Waals surface area contributed by atoms with Gasteiger partial charge in [-0.1, -0.05) is 0 Å². The van der Waals surface area contributed by atoms with Crippen LogP contribution >= 0.6 is 0 Å². The molecule has 0 aliphatic carbocycles. The van der Waals surface area contributed by atoms with Gasteiger partial charge >= 0.3 is 6.09 Å². The second kappa shape index (κ2) is 4.15. The van der Waals surface area contributed by atoms with Crippen LogP contribution in [0, 0.1) is 0 Å². The maximum Gasteiger partial charge on any atom is 0.417 e. The largest absolute Gasteiger partial charge is 0.443 e. The number of ether oxygens (including phenoxy) is 1. The van der Waals surface area contributed by atoms with Gasteiger partial charge in [0.15, 0.2) is 0 Å². The van der Waals surface area contributed by atoms with E-state index in [0.717, 1.165) is 5.56 Å². The zero-order chi connectivity index (χ0) is 13.5. The maximum absolute atomic E-state index is 12.2. The molecule has 0 radical (unpaired) electrons. The molecule has 1 aromatic heterocycles. The molecule has 2 rings (SSSR count). The van der Waals surface area contributed by atoms with E-state index in [1.807, 2.05) is 6.92 Å². The third-order valence-electron chi connectivity index (χ3n) is 2.83. The predicted octanol–water partition coefficient (Wildman–Crippen LogP) is 2.34. The number of hydrogen-bond donors (Lipinski definition) is 1. The molecular weight excluding hydrogens is 232 g/mol. The van der Waals surface area contributed by atoms with Crippen molar-refractivity contribution in [1.29, 1.82) is 0 Å². The number of amides is 2. The molecule has 1 aromatic rings. The highest BCUT2D eigenvalue weighted by Gasteiger charge is 2.37. The first-order valence-electron chi connectivity index (χ1n) is 6.02. The van der Waals surface area contributed by atoms with Crippen LogP contribution in [0.4, 0.5) is 4.79 Å². The zero-order valence-electron chi connectivity index (χ0n) is 11.1. The Morgan fingerprint density at radius 2 is 2.11 bits per heavy atom. The molecule has 2 amide bonds. The van der Waals surface area contributed by atoms with E-state index in [1.165, 1.54) is 4.90 Å². The van der Waals surface area contributed by atoms with Crippen molar-refractivity contribution in [2.24, 2.45) is 0 Å². The molecule has 98 valence electrons. The first-order valence-corrected chi connectivity index (χ1v) is 6.02. The van der Waals surface area contributed by atoms with Gasteiger partial charge < -0.3 is 9.72 Å². The lowest BCUT2D eigenvalue weighted by Crippen LogP contribution is -2.49. The standard InChI is InChI=1S/C13H18N2O3/c1-8-5-9-6-14-7-10(9)11(16)15(8)12(17)18-13(2,3)4/h6-8,14H,5H2,1-4H3. The van der Waals surface area contributed by atoms with Crippen LogP contribution < -0.4 is 0 Å². The molecule has 5 nitrogen and oxygen atoms in total. The number of nitrogens with one attached hydrogen (secondary N) is 1. The summed E-state index contributed by atoms with van der Waals surface area (Å²) < 4.78 is 5.27. The molecule has 0 aromatic carbocycles. The summed E-state index contributed by atoms with van der Waals surface area (Å²) in [4.78, 5) is 28.4. The van der Waals surface area contributed by atoms with Crippen molar-refractivity contribution in [3.63, 3.8) is 0 Å². The SMILES string of the molecule is CC1Cc2c[nH]cc2C(=O)N1C(=O)OC(C)(C)C. The van der Waals surface area contributed by atoms with Crippen LogP contribution in [0.15, 0.2) is 12.4 Å². The first kappa shape index (κ1) is 12.7. The third kappa shape index (κ3) is 2.25. The van der Waals surface area contributed by atoms with E-state index in [2.05, 4.69) is 4.98 Å². The van der Waals surface area contributed by atoms with E-state index in [1.54, 1.807) is 33.2 Å². The van der Waals surface area contributed by atoms with E-state index in [0.29, 0.717) is 12.0 Å². The Balaban J connectivity index is 2.24. The number of rotatable bonds is 0. The predicted molar refractivity (Wildman–Crippen MR) is 66.4 cm³/mol. The minimum absolute atomic E-state index is 0.185. The Bertz CT molecular complexity index is 485. The fraction of sp³-hybridized carbons (Fsp3) is 0.538. The number of carbonyl (C=O) groups excluding carboxylic acids is 2. The molecule has 1 N–H and O–H groups in total. The van der Waals surface area contributed by atoms with Crippen molar-refractivity contribution >= 4 is 12.0 Å². The number of hydrogen-bond acceptors (Lipinski definition) is 3. The fourth-order valence-electron chi connectivity index (χ4n) is 2.08. The highest BCUT2D eigenvalue weighted by molar-refractivity contribution is 6.05. The Hall–Kier alpha value is -1.78. The van der Waals surface area contributed by atoms with E-state index < -0.39 is 11.7 Å². The maximum atomic E-state index is 12.2. The van der Waals surface area contributed by atoms with Gasteiger partial charge in [0.25, 0.3) is 5.91 Å². The third-order valence-corrected chi connectivity index (χ3v) is 2.83. The summed E-state index contributed by atoms with van der Waals surface area (Å²) in [5, 5.41) is 0. The van der Waals surface area contributed by atoms with Gasteiger partial charge in [-0.25, -0.2) is 9.69 Å². The summed E-state index contributed by atoms with van der Waals surface area (Å²) >= 11 is 0. The monoisotopic (exact) mass is 250 g/mol. The first-order chi connectivity index (χ1) is 8.29. The highest BCUT2D eigenvalue weighted by Crippen LogP contribution is 2.24. The number of aromatic amines is 1. The van der Waals surface area contributed by atoms with Crippen LogP contribution in [0.25, 0.3) is 0 Å². The van der Waals surface area contributed by atoms with Crippen molar-refractivity contribution in [1.82, 2.24) is 9.88 Å². The summed E-state index contributed by atoms with van der Waals surface area (Å²) in [5.74, 6) is -0.292. The van der Waals surface area contributed by atoms with Gasteiger partial charge in [-0.15, -0.1) is 0 Å². The van der Waals surface area contributed by atoms with E-state index >= 15 is 0 Å². The number of nitrogens with zero attached hydrogens (tertiary/aromatic N) is 1. The number of carbonyl (C=O) groups is 2. The van der Waals surface area contributed by atoms with Gasteiger partial charge in [-0.2, -0.15) is 0 Å². The van der Waals surface area contributed by atoms with Crippen LogP contribution in [0.2, 0.25) is 0 Å². The average molecular weight is 250 g/mol. The molecule has 2 heterocycles. The molecular formula is C13H18N2O3. The fourth-order valence-corrected chi connectivity index (χ4v) is 2.08.